The molecule has 0 spiro atoms. The molecular formula is C16H18N5O3+. The van der Waals surface area contributed by atoms with E-state index in [4.69, 9.17) is 4.74 Å². The van der Waals surface area contributed by atoms with Crippen molar-refractivity contribution in [1.29, 1.82) is 0 Å². The standard InChI is InChI=1S/C16H17N5O3/c1-5-9-8-10(6-7-11(9)24-4)13-17-12-14(21(3)19-13)18-16(23)20(2)15(12)22/h6-8H,5H2,1-4H3/p+1. The average molecular weight is 328 g/mol. The van der Waals surface area contributed by atoms with Crippen molar-refractivity contribution in [2.24, 2.45) is 14.1 Å². The molecule has 0 radical (unpaired) electrons. The summed E-state index contributed by atoms with van der Waals surface area (Å²) >= 11 is 0. The molecular weight excluding hydrogens is 310 g/mol. The van der Waals surface area contributed by atoms with Crippen LogP contribution in [0.1, 0.15) is 12.5 Å². The Kier molecular flexibility index (Phi) is 3.88. The van der Waals surface area contributed by atoms with Gasteiger partial charge in [-0.3, -0.25) is 4.79 Å². The molecule has 8 heteroatoms. The van der Waals surface area contributed by atoms with Crippen LogP contribution < -0.4 is 20.7 Å². The largest absolute Gasteiger partial charge is 0.496 e. The molecule has 0 atom stereocenters. The van der Waals surface area contributed by atoms with E-state index >= 15 is 0 Å². The van der Waals surface area contributed by atoms with E-state index in [1.807, 2.05) is 25.1 Å². The fourth-order valence-electron chi connectivity index (χ4n) is 2.57. The van der Waals surface area contributed by atoms with E-state index < -0.39 is 11.2 Å². The molecule has 0 amide bonds. The lowest BCUT2D eigenvalue weighted by Crippen LogP contribution is -2.42. The fourth-order valence-corrected chi connectivity index (χ4v) is 2.57. The van der Waals surface area contributed by atoms with Gasteiger partial charge in [-0.25, -0.2) is 14.3 Å². The van der Waals surface area contributed by atoms with Crippen LogP contribution in [0.25, 0.3) is 22.6 Å². The summed E-state index contributed by atoms with van der Waals surface area (Å²) in [5.74, 6) is 1.21. The van der Waals surface area contributed by atoms with E-state index in [-0.39, 0.29) is 11.2 Å². The lowest BCUT2D eigenvalue weighted by atomic mass is 10.1. The monoisotopic (exact) mass is 328 g/mol. The number of H-pyrrole nitrogens is 1. The van der Waals surface area contributed by atoms with Crippen molar-refractivity contribution in [3.05, 3.63) is 44.6 Å². The molecule has 0 saturated heterocycles. The van der Waals surface area contributed by atoms with E-state index in [9.17, 15) is 9.59 Å². The third kappa shape index (κ3) is 2.45. The van der Waals surface area contributed by atoms with Crippen LogP contribution in [-0.2, 0) is 20.5 Å². The van der Waals surface area contributed by atoms with Gasteiger partial charge in [-0.05, 0) is 30.2 Å². The Balaban J connectivity index is 2.28. The Morgan fingerprint density at radius 2 is 2.08 bits per heavy atom. The SMILES string of the molecule is CCc1cc(-c2nc3c(=O)n(C)c(=O)[nH]c3[n+](C)n2)ccc1OC. The molecule has 0 aliphatic rings. The summed E-state index contributed by atoms with van der Waals surface area (Å²) in [5, 5.41) is 4.36. The minimum Gasteiger partial charge on any atom is -0.496 e. The highest BCUT2D eigenvalue weighted by Crippen LogP contribution is 2.24. The van der Waals surface area contributed by atoms with Crippen molar-refractivity contribution in [3.63, 3.8) is 0 Å². The zero-order valence-corrected chi connectivity index (χ0v) is 14.0. The molecule has 0 unspecified atom stereocenters. The smallest absolute Gasteiger partial charge is 0.416 e. The Morgan fingerprint density at radius 1 is 1.33 bits per heavy atom. The molecule has 124 valence electrons. The molecule has 2 aromatic heterocycles. The van der Waals surface area contributed by atoms with Gasteiger partial charge in [-0.1, -0.05) is 12.0 Å². The normalized spacial score (nSPS) is 11.0. The molecule has 24 heavy (non-hydrogen) atoms. The van der Waals surface area contributed by atoms with Gasteiger partial charge in [0.25, 0.3) is 5.56 Å². The van der Waals surface area contributed by atoms with E-state index in [2.05, 4.69) is 15.1 Å². The van der Waals surface area contributed by atoms with E-state index in [0.717, 1.165) is 27.9 Å². The molecule has 3 aromatic rings. The maximum absolute atomic E-state index is 12.3. The third-order valence-electron chi connectivity index (χ3n) is 3.97. The first kappa shape index (κ1) is 15.9. The number of benzene rings is 1. The van der Waals surface area contributed by atoms with Gasteiger partial charge in [0.15, 0.2) is 0 Å². The highest BCUT2D eigenvalue weighted by atomic mass is 16.5. The number of aromatic nitrogens is 5. The molecule has 8 nitrogen and oxygen atoms in total. The maximum atomic E-state index is 12.3. The second-order valence-electron chi connectivity index (χ2n) is 5.43. The summed E-state index contributed by atoms with van der Waals surface area (Å²) < 4.78 is 7.78. The van der Waals surface area contributed by atoms with Crippen LogP contribution >= 0.6 is 0 Å². The number of nitrogens with zero attached hydrogens (tertiary/aromatic N) is 4. The quantitative estimate of drug-likeness (QED) is 0.687. The molecule has 0 fully saturated rings. The number of hydrogen-bond acceptors (Lipinski definition) is 5. The van der Waals surface area contributed by atoms with Crippen LogP contribution in [0.15, 0.2) is 27.8 Å². The van der Waals surface area contributed by atoms with E-state index in [0.29, 0.717) is 5.82 Å². The van der Waals surface area contributed by atoms with Gasteiger partial charge < -0.3 is 4.74 Å². The van der Waals surface area contributed by atoms with E-state index in [1.54, 1.807) is 14.2 Å². The number of methoxy groups -OCH3 is 1. The molecule has 1 N–H and O–H groups in total. The summed E-state index contributed by atoms with van der Waals surface area (Å²) in [5.41, 5.74) is 1.29. The minimum absolute atomic E-state index is 0.165. The van der Waals surface area contributed by atoms with Crippen molar-refractivity contribution >= 4 is 11.2 Å². The molecule has 0 aliphatic heterocycles. The topological polar surface area (TPSA) is 93.8 Å². The van der Waals surface area contributed by atoms with Crippen molar-refractivity contribution in [1.82, 2.24) is 19.6 Å². The molecule has 2 heterocycles. The first-order valence-electron chi connectivity index (χ1n) is 7.51. The Morgan fingerprint density at radius 3 is 2.75 bits per heavy atom. The van der Waals surface area contributed by atoms with Gasteiger partial charge >= 0.3 is 11.3 Å². The van der Waals surface area contributed by atoms with Crippen molar-refractivity contribution in [3.8, 4) is 17.1 Å². The van der Waals surface area contributed by atoms with Crippen molar-refractivity contribution in [2.75, 3.05) is 7.11 Å². The van der Waals surface area contributed by atoms with Gasteiger partial charge in [0.05, 0.1) is 7.11 Å². The number of fused-ring (bicyclic) bond motifs is 1. The zero-order valence-electron chi connectivity index (χ0n) is 14.0. The van der Waals surface area contributed by atoms with Gasteiger partial charge in [-0.15, -0.1) is 4.68 Å². The number of aromatic amines is 1. The predicted molar refractivity (Wildman–Crippen MR) is 87.9 cm³/mol. The van der Waals surface area contributed by atoms with Gasteiger partial charge in [0, 0.05) is 12.6 Å². The molecule has 1 aromatic carbocycles. The lowest BCUT2D eigenvalue weighted by Gasteiger charge is -2.08. The predicted octanol–water partition coefficient (Wildman–Crippen LogP) is 0.0793. The summed E-state index contributed by atoms with van der Waals surface area (Å²) in [6.45, 7) is 2.03. The fraction of sp³-hybridized carbons (Fsp3) is 0.312. The van der Waals surface area contributed by atoms with Crippen molar-refractivity contribution < 1.29 is 9.42 Å². The Hall–Kier alpha value is -3.03. The number of aryl methyl sites for hydroxylation is 2. The van der Waals surface area contributed by atoms with Crippen LogP contribution in [-0.4, -0.2) is 26.7 Å². The van der Waals surface area contributed by atoms with Crippen molar-refractivity contribution in [2.45, 2.75) is 13.3 Å². The minimum atomic E-state index is -0.503. The molecule has 0 saturated carbocycles. The van der Waals surface area contributed by atoms with Crippen LogP contribution in [0.2, 0.25) is 0 Å². The number of rotatable bonds is 3. The summed E-state index contributed by atoms with van der Waals surface area (Å²) in [7, 11) is 4.69. The van der Waals surface area contributed by atoms with Gasteiger partial charge in [0.2, 0.25) is 11.3 Å². The lowest BCUT2D eigenvalue weighted by molar-refractivity contribution is -0.707. The highest BCUT2D eigenvalue weighted by Gasteiger charge is 2.18. The Bertz CT molecular complexity index is 1050. The number of nitrogens with one attached hydrogen (secondary N) is 1. The zero-order chi connectivity index (χ0) is 17.4. The van der Waals surface area contributed by atoms with Crippen LogP contribution in [0.4, 0.5) is 0 Å². The molecule has 0 aliphatic carbocycles. The number of ether oxygens (including phenoxy) is 1. The first-order valence-corrected chi connectivity index (χ1v) is 7.51. The highest BCUT2D eigenvalue weighted by molar-refractivity contribution is 5.68. The van der Waals surface area contributed by atoms with Gasteiger partial charge in [0.1, 0.15) is 12.8 Å². The van der Waals surface area contributed by atoms with Crippen LogP contribution in [0, 0.1) is 0 Å². The summed E-state index contributed by atoms with van der Waals surface area (Å²) in [6.07, 6.45) is 0.797. The van der Waals surface area contributed by atoms with Crippen LogP contribution in [0.3, 0.4) is 0 Å². The molecule has 0 bridgehead atoms. The summed E-state index contributed by atoms with van der Waals surface area (Å²) in [4.78, 5) is 31.0. The Labute approximate surface area is 137 Å². The summed E-state index contributed by atoms with van der Waals surface area (Å²) in [6, 6.07) is 5.64. The first-order chi connectivity index (χ1) is 11.5. The van der Waals surface area contributed by atoms with E-state index in [1.165, 1.54) is 11.7 Å². The third-order valence-corrected chi connectivity index (χ3v) is 3.97. The average Bonchev–Trinajstić information content (AvgIpc) is 2.60. The second kappa shape index (κ2) is 5.88. The molecule has 3 rings (SSSR count). The maximum Gasteiger partial charge on any atom is 0.416 e. The van der Waals surface area contributed by atoms with Gasteiger partial charge in [-0.2, -0.15) is 4.98 Å². The second-order valence-corrected chi connectivity index (χ2v) is 5.43. The van der Waals surface area contributed by atoms with Crippen LogP contribution in [0.5, 0.6) is 5.75 Å². The number of hydrogen-bond donors (Lipinski definition) is 1.